The van der Waals surface area contributed by atoms with Crippen LogP contribution in [-0.4, -0.2) is 61.7 Å². The van der Waals surface area contributed by atoms with Crippen molar-refractivity contribution in [3.63, 3.8) is 0 Å². The van der Waals surface area contributed by atoms with Crippen molar-refractivity contribution >= 4 is 0 Å². The van der Waals surface area contributed by atoms with E-state index in [9.17, 15) is 0 Å². The van der Waals surface area contributed by atoms with Gasteiger partial charge in [-0.1, -0.05) is 0 Å². The molecular formula is C14H29N3. The Bertz CT molecular complexity index is 228. The number of likely N-dealkylation sites (tertiary alicyclic amines) is 1. The highest BCUT2D eigenvalue weighted by Gasteiger charge is 2.24. The first-order valence-corrected chi connectivity index (χ1v) is 7.30. The van der Waals surface area contributed by atoms with Crippen molar-refractivity contribution in [2.24, 2.45) is 0 Å². The molecule has 0 bridgehead atoms. The van der Waals surface area contributed by atoms with Gasteiger partial charge in [-0.15, -0.1) is 0 Å². The number of nitrogens with one attached hydrogen (secondary N) is 1. The Morgan fingerprint density at radius 1 is 1.35 bits per heavy atom. The van der Waals surface area contributed by atoms with Crippen molar-refractivity contribution in [2.45, 2.75) is 57.2 Å². The molecule has 2 unspecified atom stereocenters. The Hall–Kier alpha value is -0.120. The van der Waals surface area contributed by atoms with E-state index in [1.54, 1.807) is 0 Å². The van der Waals surface area contributed by atoms with Crippen LogP contribution in [0.15, 0.2) is 0 Å². The lowest BCUT2D eigenvalue weighted by molar-refractivity contribution is 0.178. The average molecular weight is 239 g/mol. The van der Waals surface area contributed by atoms with Gasteiger partial charge in [-0.2, -0.15) is 0 Å². The van der Waals surface area contributed by atoms with Crippen LogP contribution in [0, 0.1) is 0 Å². The van der Waals surface area contributed by atoms with Gasteiger partial charge >= 0.3 is 0 Å². The van der Waals surface area contributed by atoms with E-state index in [1.807, 2.05) is 0 Å². The molecule has 100 valence electrons. The highest BCUT2D eigenvalue weighted by Crippen LogP contribution is 2.19. The van der Waals surface area contributed by atoms with Crippen LogP contribution in [0.25, 0.3) is 0 Å². The molecule has 2 rings (SSSR count). The van der Waals surface area contributed by atoms with Crippen LogP contribution in [0.5, 0.6) is 0 Å². The number of hydrogen-bond donors (Lipinski definition) is 1. The van der Waals surface area contributed by atoms with E-state index < -0.39 is 0 Å². The van der Waals surface area contributed by atoms with Crippen molar-refractivity contribution in [1.29, 1.82) is 0 Å². The summed E-state index contributed by atoms with van der Waals surface area (Å²) < 4.78 is 0. The molecule has 1 saturated heterocycles. The first-order chi connectivity index (χ1) is 8.16. The summed E-state index contributed by atoms with van der Waals surface area (Å²) in [6.45, 7) is 6.08. The smallest absolute Gasteiger partial charge is 0.0220 e. The molecule has 2 aliphatic rings. The molecule has 0 radical (unpaired) electrons. The maximum absolute atomic E-state index is 3.61. The van der Waals surface area contributed by atoms with Crippen LogP contribution in [0.2, 0.25) is 0 Å². The van der Waals surface area contributed by atoms with E-state index in [0.717, 1.165) is 12.1 Å². The number of hydrogen-bond acceptors (Lipinski definition) is 3. The van der Waals surface area contributed by atoms with Gasteiger partial charge in [-0.05, 0) is 66.2 Å². The van der Waals surface area contributed by atoms with Crippen LogP contribution in [-0.2, 0) is 0 Å². The highest BCUT2D eigenvalue weighted by atomic mass is 15.2. The van der Waals surface area contributed by atoms with Crippen molar-refractivity contribution in [3.05, 3.63) is 0 Å². The molecule has 1 saturated carbocycles. The normalized spacial score (nSPS) is 27.9. The molecule has 1 aliphatic carbocycles. The summed E-state index contributed by atoms with van der Waals surface area (Å²) in [5, 5.41) is 3.61. The molecule has 0 aromatic carbocycles. The average Bonchev–Trinajstić information content (AvgIpc) is 3.04. The predicted octanol–water partition coefficient (Wildman–Crippen LogP) is 1.54. The lowest BCUT2D eigenvalue weighted by atomic mass is 10.1. The minimum absolute atomic E-state index is 0.704. The van der Waals surface area contributed by atoms with E-state index in [-0.39, 0.29) is 0 Å². The first kappa shape index (κ1) is 13.3. The summed E-state index contributed by atoms with van der Waals surface area (Å²) in [7, 11) is 4.55. The summed E-state index contributed by atoms with van der Waals surface area (Å²) in [5.41, 5.74) is 0. The monoisotopic (exact) mass is 239 g/mol. The van der Waals surface area contributed by atoms with Crippen molar-refractivity contribution in [1.82, 2.24) is 15.1 Å². The summed E-state index contributed by atoms with van der Waals surface area (Å²) >= 11 is 0. The highest BCUT2D eigenvalue weighted by molar-refractivity contribution is 4.83. The quantitative estimate of drug-likeness (QED) is 0.727. The third-order valence-electron chi connectivity index (χ3n) is 4.50. The molecule has 0 aromatic heterocycles. The molecule has 17 heavy (non-hydrogen) atoms. The minimum atomic E-state index is 0.704. The largest absolute Gasteiger partial charge is 0.314 e. The topological polar surface area (TPSA) is 18.5 Å². The first-order valence-electron chi connectivity index (χ1n) is 7.30. The zero-order valence-electron chi connectivity index (χ0n) is 11.8. The molecule has 1 heterocycles. The van der Waals surface area contributed by atoms with Crippen molar-refractivity contribution in [2.75, 3.05) is 33.7 Å². The molecule has 0 spiro atoms. The van der Waals surface area contributed by atoms with Gasteiger partial charge in [-0.3, -0.25) is 0 Å². The van der Waals surface area contributed by atoms with Crippen LogP contribution in [0.3, 0.4) is 0 Å². The second-order valence-corrected chi connectivity index (χ2v) is 6.08. The van der Waals surface area contributed by atoms with Gasteiger partial charge in [0.2, 0.25) is 0 Å². The molecule has 2 fully saturated rings. The van der Waals surface area contributed by atoms with Crippen LogP contribution < -0.4 is 5.32 Å². The van der Waals surface area contributed by atoms with E-state index >= 15 is 0 Å². The molecule has 0 aromatic rings. The fourth-order valence-corrected chi connectivity index (χ4v) is 2.73. The molecule has 3 nitrogen and oxygen atoms in total. The number of likely N-dealkylation sites (N-methyl/N-ethyl adjacent to an activating group) is 2. The zero-order valence-corrected chi connectivity index (χ0v) is 11.8. The van der Waals surface area contributed by atoms with E-state index in [1.165, 1.54) is 51.7 Å². The Morgan fingerprint density at radius 3 is 2.71 bits per heavy atom. The van der Waals surface area contributed by atoms with Gasteiger partial charge in [0.15, 0.2) is 0 Å². The van der Waals surface area contributed by atoms with Gasteiger partial charge in [0.1, 0.15) is 0 Å². The second-order valence-electron chi connectivity index (χ2n) is 6.08. The maximum atomic E-state index is 3.61. The summed E-state index contributed by atoms with van der Waals surface area (Å²) in [6, 6.07) is 2.35. The van der Waals surface area contributed by atoms with Crippen LogP contribution in [0.4, 0.5) is 0 Å². The summed E-state index contributed by atoms with van der Waals surface area (Å²) in [6.07, 6.45) is 6.85. The molecule has 0 amide bonds. The van der Waals surface area contributed by atoms with Gasteiger partial charge in [0, 0.05) is 24.7 Å². The standard InChI is InChI=1S/C14H29N3/c1-12(8-9-15-13-6-7-13)17(3)11-14-5-4-10-16(14)2/h12-15H,4-11H2,1-3H3. The zero-order chi connectivity index (χ0) is 12.3. The van der Waals surface area contributed by atoms with Gasteiger partial charge in [0.05, 0.1) is 0 Å². The fraction of sp³-hybridized carbons (Fsp3) is 1.00. The van der Waals surface area contributed by atoms with Gasteiger partial charge in [-0.25, -0.2) is 0 Å². The van der Waals surface area contributed by atoms with Crippen molar-refractivity contribution in [3.8, 4) is 0 Å². The van der Waals surface area contributed by atoms with E-state index in [4.69, 9.17) is 0 Å². The molecule has 2 atom stereocenters. The van der Waals surface area contributed by atoms with E-state index in [0.29, 0.717) is 6.04 Å². The van der Waals surface area contributed by atoms with E-state index in [2.05, 4.69) is 36.1 Å². The van der Waals surface area contributed by atoms with Crippen LogP contribution in [0.1, 0.15) is 39.0 Å². The van der Waals surface area contributed by atoms with Gasteiger partial charge in [0.25, 0.3) is 0 Å². The molecule has 3 heteroatoms. The Labute approximate surface area is 107 Å². The predicted molar refractivity (Wildman–Crippen MR) is 73.4 cm³/mol. The lowest BCUT2D eigenvalue weighted by Gasteiger charge is -2.30. The Morgan fingerprint density at radius 2 is 2.12 bits per heavy atom. The third kappa shape index (κ3) is 4.23. The molecule has 1 aliphatic heterocycles. The number of nitrogens with zero attached hydrogens (tertiary/aromatic N) is 2. The Kier molecular flexibility index (Phi) is 4.83. The van der Waals surface area contributed by atoms with Crippen LogP contribution >= 0.6 is 0 Å². The lowest BCUT2D eigenvalue weighted by Crippen LogP contribution is -2.41. The Balaban J connectivity index is 1.61. The SMILES string of the molecule is CC(CCNC1CC1)N(C)CC1CCCN1C. The summed E-state index contributed by atoms with van der Waals surface area (Å²) in [4.78, 5) is 5.06. The maximum Gasteiger partial charge on any atom is 0.0220 e. The summed E-state index contributed by atoms with van der Waals surface area (Å²) in [5.74, 6) is 0. The number of rotatable bonds is 7. The molecule has 1 N–H and O–H groups in total. The minimum Gasteiger partial charge on any atom is -0.314 e. The third-order valence-corrected chi connectivity index (χ3v) is 4.50. The molecular weight excluding hydrogens is 210 g/mol. The van der Waals surface area contributed by atoms with Gasteiger partial charge < -0.3 is 15.1 Å². The fourth-order valence-electron chi connectivity index (χ4n) is 2.73. The second kappa shape index (κ2) is 6.17. The van der Waals surface area contributed by atoms with Crippen molar-refractivity contribution < 1.29 is 0 Å².